The maximum Gasteiger partial charge on any atom is 0.266 e. The molecule has 1 aliphatic heterocycles. The van der Waals surface area contributed by atoms with E-state index in [0.717, 1.165) is 0 Å². The second-order valence-electron chi connectivity index (χ2n) is 7.19. The van der Waals surface area contributed by atoms with Crippen molar-refractivity contribution >= 4 is 10.0 Å². The van der Waals surface area contributed by atoms with Gasteiger partial charge in [0.1, 0.15) is 5.82 Å². The van der Waals surface area contributed by atoms with Gasteiger partial charge in [0.2, 0.25) is 0 Å². The smallest absolute Gasteiger partial charge is 0.266 e. The fourth-order valence-electron chi connectivity index (χ4n) is 3.34. The minimum Gasteiger partial charge on any atom is -0.337 e. The Hall–Kier alpha value is -2.83. The average molecular weight is 433 g/mol. The first-order chi connectivity index (χ1) is 14.3. The molecule has 0 N–H and O–H groups in total. The molecule has 1 aliphatic rings. The molecule has 0 atom stereocenters. The van der Waals surface area contributed by atoms with Crippen LogP contribution in [-0.2, 0) is 23.6 Å². The summed E-state index contributed by atoms with van der Waals surface area (Å²) in [5.74, 6) is 1.23. The molecule has 4 rings (SSSR count). The van der Waals surface area contributed by atoms with Crippen molar-refractivity contribution < 1.29 is 8.42 Å². The Morgan fingerprint density at radius 3 is 2.50 bits per heavy atom. The molecular weight excluding hydrogens is 408 g/mol. The molecule has 0 spiro atoms. The normalized spacial score (nSPS) is 16.2. The minimum absolute atomic E-state index is 0.0853. The summed E-state index contributed by atoms with van der Waals surface area (Å²) in [4.78, 5) is 18.4. The van der Waals surface area contributed by atoms with E-state index in [0.29, 0.717) is 50.9 Å². The van der Waals surface area contributed by atoms with Crippen molar-refractivity contribution in [2.75, 3.05) is 32.7 Å². The fourth-order valence-corrected chi connectivity index (χ4v) is 4.78. The van der Waals surface area contributed by atoms with Gasteiger partial charge < -0.3 is 4.57 Å². The molecule has 0 bridgehead atoms. The summed E-state index contributed by atoms with van der Waals surface area (Å²) in [6, 6.07) is 4.90. The van der Waals surface area contributed by atoms with E-state index < -0.39 is 10.0 Å². The lowest BCUT2D eigenvalue weighted by molar-refractivity contribution is 0.180. The average Bonchev–Trinajstić information content (AvgIpc) is 3.38. The van der Waals surface area contributed by atoms with Gasteiger partial charge in [-0.25, -0.2) is 22.8 Å². The quantitative estimate of drug-likeness (QED) is 0.515. The number of hydrogen-bond acceptors (Lipinski definition) is 7. The third-order valence-electron chi connectivity index (χ3n) is 5.24. The number of imidazole rings is 1. The number of piperazine rings is 1. The zero-order chi connectivity index (χ0) is 21.3. The van der Waals surface area contributed by atoms with Gasteiger partial charge in [-0.15, -0.1) is 5.10 Å². The lowest BCUT2D eigenvalue weighted by Crippen LogP contribution is -2.49. The highest BCUT2D eigenvalue weighted by molar-refractivity contribution is 7.89. The molecule has 0 aliphatic carbocycles. The molecule has 0 unspecified atom stereocenters. The van der Waals surface area contributed by atoms with Crippen LogP contribution in [0.25, 0.3) is 5.82 Å². The fraction of sp³-hybridized carbons (Fsp3) is 0.444. The van der Waals surface area contributed by atoms with Crippen molar-refractivity contribution in [2.24, 2.45) is 7.05 Å². The summed E-state index contributed by atoms with van der Waals surface area (Å²) >= 11 is 0. The SMILES string of the molecule is Cc1nc(S(=O)(=O)N2CCN(CCn3nc(-n4cccn4)ccc3=O)CC2)cn1C. The Labute approximate surface area is 174 Å². The van der Waals surface area contributed by atoms with Crippen molar-refractivity contribution in [1.29, 1.82) is 0 Å². The Bertz CT molecular complexity index is 1150. The molecule has 11 nitrogen and oxygen atoms in total. The Morgan fingerprint density at radius 1 is 1.10 bits per heavy atom. The van der Waals surface area contributed by atoms with Gasteiger partial charge >= 0.3 is 0 Å². The van der Waals surface area contributed by atoms with Crippen molar-refractivity contribution in [2.45, 2.75) is 18.5 Å². The van der Waals surface area contributed by atoms with Crippen molar-refractivity contribution in [3.05, 3.63) is 53.0 Å². The first-order valence-electron chi connectivity index (χ1n) is 9.65. The van der Waals surface area contributed by atoms with E-state index in [9.17, 15) is 13.2 Å². The van der Waals surface area contributed by atoms with E-state index in [1.54, 1.807) is 53.9 Å². The number of hydrogen-bond donors (Lipinski definition) is 0. The summed E-state index contributed by atoms with van der Waals surface area (Å²) in [6.07, 6.45) is 4.96. The zero-order valence-corrected chi connectivity index (χ0v) is 17.7. The summed E-state index contributed by atoms with van der Waals surface area (Å²) in [5, 5.41) is 8.58. The second kappa shape index (κ2) is 8.13. The maximum atomic E-state index is 12.8. The summed E-state index contributed by atoms with van der Waals surface area (Å²) in [6.45, 7) is 4.72. The molecule has 4 heterocycles. The first-order valence-corrected chi connectivity index (χ1v) is 11.1. The van der Waals surface area contributed by atoms with Crippen LogP contribution in [0.2, 0.25) is 0 Å². The monoisotopic (exact) mass is 432 g/mol. The van der Waals surface area contributed by atoms with Gasteiger partial charge in [-0.05, 0) is 19.1 Å². The van der Waals surface area contributed by atoms with Gasteiger partial charge in [0.05, 0.1) is 6.54 Å². The summed E-state index contributed by atoms with van der Waals surface area (Å²) in [5.41, 5.74) is -0.183. The number of nitrogens with zero attached hydrogens (tertiary/aromatic N) is 8. The van der Waals surface area contributed by atoms with Gasteiger partial charge in [0, 0.05) is 64.4 Å². The molecule has 3 aromatic heterocycles. The lowest BCUT2D eigenvalue weighted by Gasteiger charge is -2.33. The molecular formula is C18H24N8O3S. The van der Waals surface area contributed by atoms with E-state index in [-0.39, 0.29) is 10.6 Å². The van der Waals surface area contributed by atoms with Crippen molar-refractivity contribution in [3.8, 4) is 5.82 Å². The third-order valence-corrected chi connectivity index (χ3v) is 7.01. The highest BCUT2D eigenvalue weighted by atomic mass is 32.2. The van der Waals surface area contributed by atoms with Crippen LogP contribution in [-0.4, -0.2) is 79.5 Å². The Kier molecular flexibility index (Phi) is 5.54. The van der Waals surface area contributed by atoms with Crippen molar-refractivity contribution in [1.82, 2.24) is 38.3 Å². The van der Waals surface area contributed by atoms with E-state index >= 15 is 0 Å². The van der Waals surface area contributed by atoms with Crippen LogP contribution in [0.5, 0.6) is 0 Å². The van der Waals surface area contributed by atoms with E-state index in [4.69, 9.17) is 0 Å². The first kappa shape index (κ1) is 20.4. The summed E-state index contributed by atoms with van der Waals surface area (Å²) in [7, 11) is -1.82. The maximum absolute atomic E-state index is 12.8. The predicted molar refractivity (Wildman–Crippen MR) is 109 cm³/mol. The topological polar surface area (TPSA) is 111 Å². The highest BCUT2D eigenvalue weighted by Crippen LogP contribution is 2.16. The van der Waals surface area contributed by atoms with Crippen molar-refractivity contribution in [3.63, 3.8) is 0 Å². The standard InChI is InChI=1S/C18H24N8O3S/c1-15-20-17(14-22(15)2)30(28,29)24-11-8-23(9-12-24)10-13-26-18(27)5-4-16(21-26)25-7-3-6-19-25/h3-7,14H,8-13H2,1-2H3. The van der Waals surface area contributed by atoms with Crippen LogP contribution in [0.4, 0.5) is 0 Å². The Morgan fingerprint density at radius 2 is 1.87 bits per heavy atom. The van der Waals surface area contributed by atoms with E-state index in [1.807, 2.05) is 0 Å². The van der Waals surface area contributed by atoms with Crippen LogP contribution < -0.4 is 5.56 Å². The predicted octanol–water partition coefficient (Wildman–Crippen LogP) is -0.523. The zero-order valence-electron chi connectivity index (χ0n) is 16.9. The van der Waals surface area contributed by atoms with E-state index in [1.165, 1.54) is 15.1 Å². The van der Waals surface area contributed by atoms with Gasteiger partial charge in [-0.1, -0.05) is 0 Å². The van der Waals surface area contributed by atoms with Crippen LogP contribution in [0.3, 0.4) is 0 Å². The minimum atomic E-state index is -3.59. The lowest BCUT2D eigenvalue weighted by atomic mass is 10.3. The van der Waals surface area contributed by atoms with Crippen LogP contribution in [0.15, 0.2) is 46.6 Å². The molecule has 1 fully saturated rings. The molecule has 3 aromatic rings. The third kappa shape index (κ3) is 4.06. The summed E-state index contributed by atoms with van der Waals surface area (Å²) < 4.78 is 31.8. The number of sulfonamides is 1. The second-order valence-corrected chi connectivity index (χ2v) is 9.07. The highest BCUT2D eigenvalue weighted by Gasteiger charge is 2.30. The molecule has 0 radical (unpaired) electrons. The molecule has 30 heavy (non-hydrogen) atoms. The molecule has 0 aromatic carbocycles. The van der Waals surface area contributed by atoms with Gasteiger partial charge in [0.15, 0.2) is 10.8 Å². The van der Waals surface area contributed by atoms with Gasteiger partial charge in [-0.2, -0.15) is 9.40 Å². The van der Waals surface area contributed by atoms with Crippen LogP contribution in [0, 0.1) is 6.92 Å². The van der Waals surface area contributed by atoms with Gasteiger partial charge in [0.25, 0.3) is 15.6 Å². The number of aromatic nitrogens is 6. The molecule has 0 amide bonds. The van der Waals surface area contributed by atoms with Crippen LogP contribution in [0.1, 0.15) is 5.82 Å². The Balaban J connectivity index is 1.37. The molecule has 0 saturated carbocycles. The molecule has 1 saturated heterocycles. The van der Waals surface area contributed by atoms with Gasteiger partial charge in [-0.3, -0.25) is 9.69 Å². The molecule has 12 heteroatoms. The molecule has 160 valence electrons. The number of aryl methyl sites for hydroxylation is 2. The van der Waals surface area contributed by atoms with Crippen LogP contribution >= 0.6 is 0 Å². The van der Waals surface area contributed by atoms with E-state index in [2.05, 4.69) is 20.1 Å². The number of rotatable bonds is 6. The largest absolute Gasteiger partial charge is 0.337 e.